The summed E-state index contributed by atoms with van der Waals surface area (Å²) in [4.78, 5) is 32.0. The smallest absolute Gasteiger partial charge is 0.274 e. The maximum absolute atomic E-state index is 13.2. The Hall–Kier alpha value is -3.80. The van der Waals surface area contributed by atoms with E-state index in [-0.39, 0.29) is 18.0 Å². The lowest BCUT2D eigenvalue weighted by molar-refractivity contribution is -0.121. The van der Waals surface area contributed by atoms with E-state index in [1.165, 1.54) is 4.68 Å². The van der Waals surface area contributed by atoms with Crippen LogP contribution < -0.4 is 10.5 Å². The summed E-state index contributed by atoms with van der Waals surface area (Å²) in [7, 11) is 0. The lowest BCUT2D eigenvalue weighted by Crippen LogP contribution is -2.33. The number of benzene rings is 2. The molecule has 4 aromatic rings. The van der Waals surface area contributed by atoms with Gasteiger partial charge >= 0.3 is 0 Å². The number of amides is 1. The third kappa shape index (κ3) is 2.72. The minimum absolute atomic E-state index is 0.00338. The molecule has 2 aromatic carbocycles. The van der Waals surface area contributed by atoms with Crippen LogP contribution in [-0.4, -0.2) is 20.7 Å². The van der Waals surface area contributed by atoms with Crippen molar-refractivity contribution < 1.29 is 4.79 Å². The van der Waals surface area contributed by atoms with Crippen LogP contribution in [0.1, 0.15) is 25.0 Å². The van der Waals surface area contributed by atoms with Crippen LogP contribution in [0.5, 0.6) is 0 Å². The molecule has 0 fully saturated rings. The Morgan fingerprint density at radius 1 is 0.933 bits per heavy atom. The van der Waals surface area contributed by atoms with Crippen LogP contribution >= 0.6 is 0 Å². The third-order valence-corrected chi connectivity index (χ3v) is 5.69. The summed E-state index contributed by atoms with van der Waals surface area (Å²) in [5.74, 6) is 0.00338. The van der Waals surface area contributed by atoms with Gasteiger partial charge < -0.3 is 0 Å². The molecule has 2 aromatic heterocycles. The highest BCUT2D eigenvalue weighted by atomic mass is 16.2. The van der Waals surface area contributed by atoms with E-state index in [0.717, 1.165) is 22.2 Å². The van der Waals surface area contributed by atoms with Gasteiger partial charge in [0.1, 0.15) is 0 Å². The van der Waals surface area contributed by atoms with Crippen LogP contribution in [-0.2, 0) is 16.8 Å². The number of rotatable bonds is 3. The molecule has 1 aliphatic heterocycles. The normalized spacial score (nSPS) is 14.9. The highest BCUT2D eigenvalue weighted by Gasteiger charge is 2.44. The topological polar surface area (TPSA) is 68.1 Å². The van der Waals surface area contributed by atoms with Crippen molar-refractivity contribution >= 4 is 28.1 Å². The van der Waals surface area contributed by atoms with E-state index in [9.17, 15) is 9.59 Å². The van der Waals surface area contributed by atoms with E-state index in [1.54, 1.807) is 29.6 Å². The zero-order valence-electron chi connectivity index (χ0n) is 16.7. The van der Waals surface area contributed by atoms with Crippen molar-refractivity contribution in [2.24, 2.45) is 0 Å². The number of hydrogen-bond acceptors (Lipinski definition) is 4. The van der Waals surface area contributed by atoms with Crippen molar-refractivity contribution in [2.45, 2.75) is 25.8 Å². The van der Waals surface area contributed by atoms with Crippen LogP contribution in [0.3, 0.4) is 0 Å². The first-order chi connectivity index (χ1) is 14.5. The summed E-state index contributed by atoms with van der Waals surface area (Å²) in [6.45, 7) is 4.14. The molecule has 0 bridgehead atoms. The van der Waals surface area contributed by atoms with Crippen molar-refractivity contribution in [3.05, 3.63) is 94.7 Å². The number of carbonyl (C=O) groups excluding carboxylic acids is 1. The zero-order chi connectivity index (χ0) is 20.9. The van der Waals surface area contributed by atoms with Crippen molar-refractivity contribution in [3.63, 3.8) is 0 Å². The molecule has 0 aliphatic carbocycles. The lowest BCUT2D eigenvalue weighted by atomic mass is 9.86. The van der Waals surface area contributed by atoms with Crippen molar-refractivity contribution in [3.8, 4) is 0 Å². The van der Waals surface area contributed by atoms with Gasteiger partial charge in [-0.05, 0) is 43.2 Å². The quantitative estimate of drug-likeness (QED) is 0.528. The molecule has 0 saturated heterocycles. The summed E-state index contributed by atoms with van der Waals surface area (Å²) in [5.41, 5.74) is 2.59. The highest BCUT2D eigenvalue weighted by Crippen LogP contribution is 2.44. The summed E-state index contributed by atoms with van der Waals surface area (Å²) < 4.78 is 1.42. The number of pyridine rings is 1. The molecule has 0 radical (unpaired) electrons. The summed E-state index contributed by atoms with van der Waals surface area (Å²) in [5, 5.41) is 5.74. The fourth-order valence-electron chi connectivity index (χ4n) is 4.05. The Morgan fingerprint density at radius 3 is 2.57 bits per heavy atom. The molecule has 0 spiro atoms. The minimum Gasteiger partial charge on any atom is -0.278 e. The van der Waals surface area contributed by atoms with Gasteiger partial charge in [0.15, 0.2) is 0 Å². The van der Waals surface area contributed by atoms with E-state index >= 15 is 0 Å². The summed E-state index contributed by atoms with van der Waals surface area (Å²) in [6, 6.07) is 17.1. The van der Waals surface area contributed by atoms with Crippen LogP contribution in [0.2, 0.25) is 0 Å². The Morgan fingerprint density at radius 2 is 1.70 bits per heavy atom. The highest BCUT2D eigenvalue weighted by molar-refractivity contribution is 6.12. The first kappa shape index (κ1) is 18.2. The molecule has 0 unspecified atom stereocenters. The van der Waals surface area contributed by atoms with Gasteiger partial charge in [-0.2, -0.15) is 5.10 Å². The van der Waals surface area contributed by atoms with Crippen molar-refractivity contribution in [1.29, 1.82) is 0 Å². The number of anilines is 2. The number of hydrogen-bond donors (Lipinski definition) is 0. The molecule has 1 amide bonds. The monoisotopic (exact) mass is 396 g/mol. The Bertz CT molecular complexity index is 1360. The molecule has 0 saturated carbocycles. The number of para-hydroxylation sites is 1. The molecule has 1 aliphatic rings. The molecule has 5 rings (SSSR count). The molecule has 6 nitrogen and oxygen atoms in total. The summed E-state index contributed by atoms with van der Waals surface area (Å²) >= 11 is 0. The maximum Gasteiger partial charge on any atom is 0.274 e. The van der Waals surface area contributed by atoms with Gasteiger partial charge in [0.2, 0.25) is 5.91 Å². The lowest BCUT2D eigenvalue weighted by Gasteiger charge is -2.20. The van der Waals surface area contributed by atoms with Gasteiger partial charge in [0.25, 0.3) is 5.56 Å². The zero-order valence-corrected chi connectivity index (χ0v) is 16.7. The number of fused-ring (bicyclic) bond motifs is 2. The van der Waals surface area contributed by atoms with Gasteiger partial charge in [0, 0.05) is 11.6 Å². The first-order valence-corrected chi connectivity index (χ1v) is 9.80. The second-order valence-electron chi connectivity index (χ2n) is 8.03. The molecular weight excluding hydrogens is 376 g/mol. The van der Waals surface area contributed by atoms with Crippen molar-refractivity contribution in [1.82, 2.24) is 14.8 Å². The van der Waals surface area contributed by atoms with Gasteiger partial charge in [-0.15, -0.1) is 0 Å². The Balaban J connectivity index is 1.54. The molecule has 0 atom stereocenters. The van der Waals surface area contributed by atoms with E-state index < -0.39 is 5.41 Å². The standard InChI is InChI=1S/C24H20N4O2/c1-24(2)20-9-5-6-10-21(20)28(23(24)30)18-11-16(12-25-14-18)15-27-22(29)19-8-4-3-7-17(19)13-26-27/h3-14H,15H2,1-2H3. The fraction of sp³-hybridized carbons (Fsp3) is 0.167. The minimum atomic E-state index is -0.608. The van der Waals surface area contributed by atoms with Crippen LogP contribution in [0, 0.1) is 0 Å². The van der Waals surface area contributed by atoms with E-state index in [2.05, 4.69) is 10.1 Å². The van der Waals surface area contributed by atoms with Crippen LogP contribution in [0.4, 0.5) is 11.4 Å². The van der Waals surface area contributed by atoms with E-state index in [0.29, 0.717) is 11.1 Å². The second-order valence-corrected chi connectivity index (χ2v) is 8.03. The number of nitrogens with zero attached hydrogens (tertiary/aromatic N) is 4. The van der Waals surface area contributed by atoms with Crippen LogP contribution in [0.15, 0.2) is 78.0 Å². The maximum atomic E-state index is 13.2. The van der Waals surface area contributed by atoms with Crippen LogP contribution in [0.25, 0.3) is 10.8 Å². The Labute approximate surface area is 173 Å². The van der Waals surface area contributed by atoms with Gasteiger partial charge in [0.05, 0.1) is 41.1 Å². The molecule has 6 heteroatoms. The number of carbonyl (C=O) groups is 1. The Kier molecular flexibility index (Phi) is 4.03. The average molecular weight is 396 g/mol. The second kappa shape index (κ2) is 6.62. The predicted octanol–water partition coefficient (Wildman–Crippen LogP) is 3.80. The predicted molar refractivity (Wildman–Crippen MR) is 116 cm³/mol. The van der Waals surface area contributed by atoms with Gasteiger partial charge in [-0.1, -0.05) is 36.4 Å². The largest absolute Gasteiger partial charge is 0.278 e. The van der Waals surface area contributed by atoms with E-state index in [4.69, 9.17) is 0 Å². The average Bonchev–Trinajstić information content (AvgIpc) is 2.96. The molecular formula is C24H20N4O2. The van der Waals surface area contributed by atoms with Crippen molar-refractivity contribution in [2.75, 3.05) is 4.90 Å². The first-order valence-electron chi connectivity index (χ1n) is 9.80. The SMILES string of the molecule is CC1(C)C(=O)N(c2cncc(Cn3ncc4ccccc4c3=O)c2)c2ccccc21. The molecule has 148 valence electrons. The van der Waals surface area contributed by atoms with Gasteiger partial charge in [-0.3, -0.25) is 19.5 Å². The number of aromatic nitrogens is 3. The third-order valence-electron chi connectivity index (χ3n) is 5.69. The molecule has 0 N–H and O–H groups in total. The summed E-state index contributed by atoms with van der Waals surface area (Å²) in [6.07, 6.45) is 5.07. The van der Waals surface area contributed by atoms with Gasteiger partial charge in [-0.25, -0.2) is 4.68 Å². The van der Waals surface area contributed by atoms with E-state index in [1.807, 2.05) is 62.4 Å². The fourth-order valence-corrected chi connectivity index (χ4v) is 4.05. The molecule has 30 heavy (non-hydrogen) atoms. The molecule has 3 heterocycles.